The highest BCUT2D eigenvalue weighted by Gasteiger charge is 2.64. The summed E-state index contributed by atoms with van der Waals surface area (Å²) in [4.78, 5) is 25.4. The van der Waals surface area contributed by atoms with E-state index >= 15 is 0 Å². The lowest BCUT2D eigenvalue weighted by Crippen LogP contribution is -2.60. The number of fused-ring (bicyclic) bond motifs is 1. The van der Waals surface area contributed by atoms with E-state index in [4.69, 9.17) is 13.9 Å². The molecule has 0 amide bonds. The molecule has 0 aromatic heterocycles. The van der Waals surface area contributed by atoms with Crippen LogP contribution in [-0.2, 0) is 23.5 Å². The summed E-state index contributed by atoms with van der Waals surface area (Å²) in [6.45, 7) is 15.4. The summed E-state index contributed by atoms with van der Waals surface area (Å²) in [5, 5.41) is 0.0607. The van der Waals surface area contributed by atoms with Crippen molar-refractivity contribution in [1.29, 1.82) is 0 Å². The summed E-state index contributed by atoms with van der Waals surface area (Å²) in [6.07, 6.45) is 6.07. The van der Waals surface area contributed by atoms with Crippen LogP contribution in [0.5, 0.6) is 0 Å². The van der Waals surface area contributed by atoms with Crippen LogP contribution in [0.3, 0.4) is 0 Å². The maximum absolute atomic E-state index is 12.7. The van der Waals surface area contributed by atoms with Gasteiger partial charge < -0.3 is 13.9 Å². The van der Waals surface area contributed by atoms with E-state index in [1.54, 1.807) is 6.08 Å². The molecule has 2 aliphatic carbocycles. The molecule has 1 saturated heterocycles. The monoisotopic (exact) mass is 392 g/mol. The van der Waals surface area contributed by atoms with Gasteiger partial charge in [0.15, 0.2) is 5.41 Å². The number of ether oxygens (including phenoxy) is 2. The van der Waals surface area contributed by atoms with Crippen LogP contribution >= 0.6 is 0 Å². The van der Waals surface area contributed by atoms with Crippen molar-refractivity contribution in [2.45, 2.75) is 65.3 Å². The number of allylic oxidation sites excluding steroid dienone is 2. The molecule has 4 rings (SSSR count). The Morgan fingerprint density at radius 2 is 1.93 bits per heavy atom. The number of carbonyl (C=O) groups excluding carboxylic acids is 2. The summed E-state index contributed by atoms with van der Waals surface area (Å²) in [5.74, 6) is -0.416. The first-order chi connectivity index (χ1) is 12.3. The molecule has 0 saturated carbocycles. The van der Waals surface area contributed by atoms with Crippen LogP contribution in [0.25, 0.3) is 0 Å². The molecule has 0 aromatic rings. The molecule has 0 aromatic carbocycles. The lowest BCUT2D eigenvalue weighted by Gasteiger charge is -2.53. The fraction of sp³-hybridized carbons (Fsp3) is 0.714. The second-order valence-electron chi connectivity index (χ2n) is 10.3. The van der Waals surface area contributed by atoms with Gasteiger partial charge in [-0.1, -0.05) is 40.7 Å². The average Bonchev–Trinajstić information content (AvgIpc) is 2.54. The van der Waals surface area contributed by atoms with Crippen molar-refractivity contribution in [3.63, 3.8) is 0 Å². The Balaban J connectivity index is 2.09. The first-order valence-electron chi connectivity index (χ1n) is 9.66. The summed E-state index contributed by atoms with van der Waals surface area (Å²) in [5.41, 5.74) is -1.58. The summed E-state index contributed by atoms with van der Waals surface area (Å²) < 4.78 is 17.3. The minimum atomic E-state index is -2.05. The molecule has 0 N–H and O–H groups in total. The third-order valence-electron chi connectivity index (χ3n) is 6.98. The van der Waals surface area contributed by atoms with Gasteiger partial charge in [-0.15, -0.1) is 0 Å². The van der Waals surface area contributed by atoms with E-state index in [9.17, 15) is 9.59 Å². The van der Waals surface area contributed by atoms with Crippen molar-refractivity contribution >= 4 is 20.3 Å². The van der Waals surface area contributed by atoms with Gasteiger partial charge >= 0.3 is 11.9 Å². The van der Waals surface area contributed by atoms with Gasteiger partial charge in [-0.3, -0.25) is 9.59 Å². The zero-order valence-electron chi connectivity index (χ0n) is 17.7. The lowest BCUT2D eigenvalue weighted by atomic mass is 9.56. The van der Waals surface area contributed by atoms with Crippen molar-refractivity contribution in [3.05, 3.63) is 24.0 Å². The highest BCUT2D eigenvalue weighted by atomic mass is 28.4. The van der Waals surface area contributed by atoms with Gasteiger partial charge in [0.1, 0.15) is 6.10 Å². The molecular formula is C21H32O5Si. The Kier molecular flexibility index (Phi) is 4.46. The summed E-state index contributed by atoms with van der Waals surface area (Å²) in [6, 6.07) is 0. The standard InChI is InChI=1S/C21H32O5Si/c1-19(2,3)27(7,8)26-16-11-14-13(12-20(16,4)5)15-9-10-21(14,17(22)24-6)18(23)25-15/h9-11,13-15H,12H2,1-8H3/t13-,14+,15?,21?/m0/s1. The molecule has 5 nitrogen and oxygen atoms in total. The van der Waals surface area contributed by atoms with Gasteiger partial charge in [-0.25, -0.2) is 0 Å². The van der Waals surface area contributed by atoms with Gasteiger partial charge in [0.2, 0.25) is 8.32 Å². The number of hydrogen-bond acceptors (Lipinski definition) is 5. The molecule has 1 fully saturated rings. The van der Waals surface area contributed by atoms with Crippen LogP contribution < -0.4 is 0 Å². The fourth-order valence-corrected chi connectivity index (χ4v) is 5.43. The SMILES string of the molecule is COC(=O)C12C=CC(OC1=O)[C@H]1CC(C)(C)C(O[Si](C)(C)C(C)(C)C)=C[C@H]12. The first kappa shape index (κ1) is 20.2. The third-order valence-corrected chi connectivity index (χ3v) is 11.3. The topological polar surface area (TPSA) is 61.8 Å². The second kappa shape index (κ2) is 5.97. The minimum Gasteiger partial charge on any atom is -0.546 e. The number of methoxy groups -OCH3 is 1. The number of carbonyl (C=O) groups is 2. The Bertz CT molecular complexity index is 727. The van der Waals surface area contributed by atoms with E-state index in [1.807, 2.05) is 12.2 Å². The molecule has 0 radical (unpaired) electrons. The molecule has 0 spiro atoms. The molecule has 4 atom stereocenters. The van der Waals surface area contributed by atoms with Gasteiger partial charge in [0, 0.05) is 17.3 Å². The highest BCUT2D eigenvalue weighted by molar-refractivity contribution is 6.74. The summed E-state index contributed by atoms with van der Waals surface area (Å²) in [7, 11) is -0.737. The largest absolute Gasteiger partial charge is 0.546 e. The van der Waals surface area contributed by atoms with E-state index < -0.39 is 25.7 Å². The van der Waals surface area contributed by atoms with Gasteiger partial charge in [-0.05, 0) is 36.7 Å². The molecule has 6 heteroatoms. The second-order valence-corrected chi connectivity index (χ2v) is 15.0. The van der Waals surface area contributed by atoms with Gasteiger partial charge in [-0.2, -0.15) is 0 Å². The molecule has 2 aliphatic heterocycles. The van der Waals surface area contributed by atoms with E-state index in [0.717, 1.165) is 12.2 Å². The zero-order valence-corrected chi connectivity index (χ0v) is 18.7. The minimum absolute atomic E-state index is 0.0496. The Morgan fingerprint density at radius 3 is 2.44 bits per heavy atom. The zero-order chi connectivity index (χ0) is 20.4. The van der Waals surface area contributed by atoms with Crippen LogP contribution in [0, 0.1) is 22.7 Å². The van der Waals surface area contributed by atoms with Crippen molar-refractivity contribution in [2.75, 3.05) is 7.11 Å². The van der Waals surface area contributed by atoms with E-state index in [-0.39, 0.29) is 28.4 Å². The van der Waals surface area contributed by atoms with Crippen molar-refractivity contribution < 1.29 is 23.5 Å². The van der Waals surface area contributed by atoms with Crippen molar-refractivity contribution in [3.8, 4) is 0 Å². The molecule has 4 aliphatic rings. The van der Waals surface area contributed by atoms with Crippen molar-refractivity contribution in [2.24, 2.45) is 22.7 Å². The van der Waals surface area contributed by atoms with Crippen molar-refractivity contribution in [1.82, 2.24) is 0 Å². The molecule has 27 heavy (non-hydrogen) atoms. The van der Waals surface area contributed by atoms with E-state index in [2.05, 4.69) is 47.7 Å². The predicted octanol–water partition coefficient (Wildman–Crippen LogP) is 4.21. The predicted molar refractivity (Wildman–Crippen MR) is 105 cm³/mol. The number of esters is 2. The average molecular weight is 393 g/mol. The quantitative estimate of drug-likeness (QED) is 0.312. The molecule has 2 unspecified atom stereocenters. The van der Waals surface area contributed by atoms with Crippen LogP contribution in [0.2, 0.25) is 18.1 Å². The first-order valence-corrected chi connectivity index (χ1v) is 12.6. The molecular weight excluding hydrogens is 360 g/mol. The Labute approximate surface area is 163 Å². The fourth-order valence-electron chi connectivity index (χ4n) is 4.23. The lowest BCUT2D eigenvalue weighted by molar-refractivity contribution is -0.191. The normalized spacial score (nSPS) is 34.4. The van der Waals surface area contributed by atoms with E-state index in [0.29, 0.717) is 0 Å². The van der Waals surface area contributed by atoms with Gasteiger partial charge in [0.25, 0.3) is 0 Å². The maximum atomic E-state index is 12.7. The van der Waals surface area contributed by atoms with Crippen LogP contribution in [0.15, 0.2) is 24.0 Å². The Morgan fingerprint density at radius 1 is 1.30 bits per heavy atom. The van der Waals surface area contributed by atoms with E-state index in [1.165, 1.54) is 7.11 Å². The highest BCUT2D eigenvalue weighted by Crippen LogP contribution is 2.57. The number of rotatable bonds is 3. The number of hydrogen-bond donors (Lipinski definition) is 0. The molecule has 2 bridgehead atoms. The summed E-state index contributed by atoms with van der Waals surface area (Å²) >= 11 is 0. The third kappa shape index (κ3) is 2.87. The van der Waals surface area contributed by atoms with Crippen LogP contribution in [-0.4, -0.2) is 33.5 Å². The maximum Gasteiger partial charge on any atom is 0.328 e. The smallest absolute Gasteiger partial charge is 0.328 e. The molecule has 150 valence electrons. The van der Waals surface area contributed by atoms with Crippen LogP contribution in [0.1, 0.15) is 41.0 Å². The Hall–Kier alpha value is -1.56. The van der Waals surface area contributed by atoms with Gasteiger partial charge in [0.05, 0.1) is 12.9 Å². The molecule has 2 heterocycles. The van der Waals surface area contributed by atoms with Crippen LogP contribution in [0.4, 0.5) is 0 Å².